The molecule has 0 unspecified atom stereocenters. The van der Waals surface area contributed by atoms with Crippen LogP contribution in [0.25, 0.3) is 0 Å². The van der Waals surface area contributed by atoms with Crippen LogP contribution in [0.1, 0.15) is 6.92 Å². The van der Waals surface area contributed by atoms with Crippen molar-refractivity contribution in [1.29, 1.82) is 0 Å². The smallest absolute Gasteiger partial charge is 0.337 e. The molecule has 4 heteroatoms. The maximum Gasteiger partial charge on any atom is 0.337 e. The molecule has 2 atom stereocenters. The van der Waals surface area contributed by atoms with Gasteiger partial charge < -0.3 is 14.2 Å². The van der Waals surface area contributed by atoms with E-state index in [1.54, 1.807) is 6.92 Å². The Kier molecular flexibility index (Phi) is 4.81. The topological polar surface area (TPSA) is 44.8 Å². The Hall–Kier alpha value is -0.610. The second-order valence-electron chi connectivity index (χ2n) is 2.12. The van der Waals surface area contributed by atoms with Crippen molar-refractivity contribution in [2.75, 3.05) is 21.3 Å². The molecule has 0 aliphatic carbocycles. The van der Waals surface area contributed by atoms with Crippen LogP contribution in [0.4, 0.5) is 0 Å². The zero-order valence-corrected chi connectivity index (χ0v) is 7.29. The first-order chi connectivity index (χ1) is 5.17. The van der Waals surface area contributed by atoms with Crippen LogP contribution >= 0.6 is 0 Å². The van der Waals surface area contributed by atoms with Gasteiger partial charge in [0.1, 0.15) is 0 Å². The Morgan fingerprint density at radius 3 is 2.00 bits per heavy atom. The lowest BCUT2D eigenvalue weighted by atomic mass is 10.2. The highest BCUT2D eigenvalue weighted by Gasteiger charge is 2.25. The SMILES string of the molecule is COC(=O)[C@@H](OC)[C@H](C)OC. The molecule has 0 aromatic heterocycles. The Bertz CT molecular complexity index is 124. The maximum absolute atomic E-state index is 10.9. The average Bonchev–Trinajstić information content (AvgIpc) is 2.05. The van der Waals surface area contributed by atoms with Crippen LogP contribution in [-0.4, -0.2) is 39.5 Å². The highest BCUT2D eigenvalue weighted by molar-refractivity contribution is 5.75. The van der Waals surface area contributed by atoms with Gasteiger partial charge in [0.25, 0.3) is 0 Å². The highest BCUT2D eigenvalue weighted by atomic mass is 16.6. The Balaban J connectivity index is 4.03. The van der Waals surface area contributed by atoms with Crippen LogP contribution in [0.15, 0.2) is 0 Å². The van der Waals surface area contributed by atoms with Crippen LogP contribution in [0.3, 0.4) is 0 Å². The van der Waals surface area contributed by atoms with Gasteiger partial charge >= 0.3 is 5.97 Å². The number of methoxy groups -OCH3 is 3. The van der Waals surface area contributed by atoms with E-state index < -0.39 is 12.1 Å². The monoisotopic (exact) mass is 162 g/mol. The summed E-state index contributed by atoms with van der Waals surface area (Å²) < 4.78 is 14.2. The molecular weight excluding hydrogens is 148 g/mol. The third-order valence-corrected chi connectivity index (χ3v) is 1.49. The number of esters is 1. The van der Waals surface area contributed by atoms with Crippen LogP contribution < -0.4 is 0 Å². The molecule has 0 aromatic carbocycles. The van der Waals surface area contributed by atoms with Gasteiger partial charge in [-0.15, -0.1) is 0 Å². The van der Waals surface area contributed by atoms with E-state index in [1.165, 1.54) is 21.3 Å². The summed E-state index contributed by atoms with van der Waals surface area (Å²) in [7, 11) is 4.27. The average molecular weight is 162 g/mol. The lowest BCUT2D eigenvalue weighted by Crippen LogP contribution is -2.35. The van der Waals surface area contributed by atoms with E-state index >= 15 is 0 Å². The second kappa shape index (κ2) is 5.09. The summed E-state index contributed by atoms with van der Waals surface area (Å²) in [6.07, 6.45) is -0.919. The normalized spacial score (nSPS) is 15.6. The van der Waals surface area contributed by atoms with E-state index in [2.05, 4.69) is 4.74 Å². The second-order valence-corrected chi connectivity index (χ2v) is 2.12. The molecule has 0 bridgehead atoms. The molecule has 0 fully saturated rings. The largest absolute Gasteiger partial charge is 0.467 e. The maximum atomic E-state index is 10.9. The molecule has 0 saturated carbocycles. The van der Waals surface area contributed by atoms with Crippen molar-refractivity contribution >= 4 is 5.97 Å². The number of hydrogen-bond acceptors (Lipinski definition) is 4. The van der Waals surface area contributed by atoms with Gasteiger partial charge in [-0.25, -0.2) is 4.79 Å². The molecule has 0 heterocycles. The molecular formula is C7H14O4. The number of rotatable bonds is 4. The first kappa shape index (κ1) is 10.4. The Morgan fingerprint density at radius 1 is 1.18 bits per heavy atom. The van der Waals surface area contributed by atoms with Crippen LogP contribution in [0, 0.1) is 0 Å². The Labute approximate surface area is 66.4 Å². The highest BCUT2D eigenvalue weighted by Crippen LogP contribution is 2.02. The van der Waals surface area contributed by atoms with Crippen LogP contribution in [-0.2, 0) is 19.0 Å². The van der Waals surface area contributed by atoms with Gasteiger partial charge in [-0.05, 0) is 6.92 Å². The number of ether oxygens (including phenoxy) is 3. The fourth-order valence-corrected chi connectivity index (χ4v) is 0.719. The van der Waals surface area contributed by atoms with Crippen molar-refractivity contribution in [2.45, 2.75) is 19.1 Å². The molecule has 0 aromatic rings. The first-order valence-electron chi connectivity index (χ1n) is 3.30. The molecule has 0 aliphatic rings. The molecule has 0 radical (unpaired) electrons. The van der Waals surface area contributed by atoms with Crippen LogP contribution in [0.2, 0.25) is 0 Å². The number of carbonyl (C=O) groups excluding carboxylic acids is 1. The third-order valence-electron chi connectivity index (χ3n) is 1.49. The molecule has 11 heavy (non-hydrogen) atoms. The van der Waals surface area contributed by atoms with Crippen molar-refractivity contribution in [3.63, 3.8) is 0 Å². The molecule has 0 saturated heterocycles. The summed E-state index contributed by atoms with van der Waals surface area (Å²) >= 11 is 0. The molecule has 0 aliphatic heterocycles. The minimum absolute atomic E-state index is 0.285. The first-order valence-corrected chi connectivity index (χ1v) is 3.30. The summed E-state index contributed by atoms with van der Waals surface area (Å²) in [5.74, 6) is -0.415. The zero-order chi connectivity index (χ0) is 8.85. The van der Waals surface area contributed by atoms with E-state index in [1.807, 2.05) is 0 Å². The lowest BCUT2D eigenvalue weighted by Gasteiger charge is -2.18. The van der Waals surface area contributed by atoms with Crippen LogP contribution in [0.5, 0.6) is 0 Å². The summed E-state index contributed by atoms with van der Waals surface area (Å²) in [5, 5.41) is 0. The van der Waals surface area contributed by atoms with E-state index in [0.717, 1.165) is 0 Å². The van der Waals surface area contributed by atoms with Gasteiger partial charge in [0.2, 0.25) is 0 Å². The van der Waals surface area contributed by atoms with Gasteiger partial charge in [0.15, 0.2) is 6.10 Å². The minimum Gasteiger partial charge on any atom is -0.467 e. The van der Waals surface area contributed by atoms with Gasteiger partial charge in [0, 0.05) is 14.2 Å². The van der Waals surface area contributed by atoms with Gasteiger partial charge in [-0.2, -0.15) is 0 Å². The summed E-state index contributed by atoms with van der Waals surface area (Å²) in [6.45, 7) is 1.74. The summed E-state index contributed by atoms with van der Waals surface area (Å²) in [6, 6.07) is 0. The summed E-state index contributed by atoms with van der Waals surface area (Å²) in [5.41, 5.74) is 0. The van der Waals surface area contributed by atoms with Crippen molar-refractivity contribution in [1.82, 2.24) is 0 Å². The fourth-order valence-electron chi connectivity index (χ4n) is 0.719. The number of hydrogen-bond donors (Lipinski definition) is 0. The standard InChI is InChI=1S/C7H14O4/c1-5(9-2)6(10-3)7(8)11-4/h5-6H,1-4H3/t5-,6-/m0/s1. The third kappa shape index (κ3) is 2.86. The molecule has 66 valence electrons. The van der Waals surface area contributed by atoms with Gasteiger partial charge in [-0.3, -0.25) is 0 Å². The Morgan fingerprint density at radius 2 is 1.73 bits per heavy atom. The van der Waals surface area contributed by atoms with Crippen molar-refractivity contribution in [3.05, 3.63) is 0 Å². The van der Waals surface area contributed by atoms with E-state index in [-0.39, 0.29) is 6.10 Å². The lowest BCUT2D eigenvalue weighted by molar-refractivity contribution is -0.159. The van der Waals surface area contributed by atoms with E-state index in [0.29, 0.717) is 0 Å². The molecule has 0 N–H and O–H groups in total. The molecule has 0 amide bonds. The van der Waals surface area contributed by atoms with Gasteiger partial charge in [-0.1, -0.05) is 0 Å². The zero-order valence-electron chi connectivity index (χ0n) is 7.29. The minimum atomic E-state index is -0.634. The van der Waals surface area contributed by atoms with E-state index in [9.17, 15) is 4.79 Å². The van der Waals surface area contributed by atoms with Gasteiger partial charge in [0.05, 0.1) is 13.2 Å². The molecule has 4 nitrogen and oxygen atoms in total. The predicted molar refractivity (Wildman–Crippen MR) is 39.3 cm³/mol. The molecule has 0 spiro atoms. The van der Waals surface area contributed by atoms with E-state index in [4.69, 9.17) is 9.47 Å². The summed E-state index contributed by atoms with van der Waals surface area (Å²) in [4.78, 5) is 10.9. The fraction of sp³-hybridized carbons (Fsp3) is 0.857. The van der Waals surface area contributed by atoms with Crippen molar-refractivity contribution in [3.8, 4) is 0 Å². The van der Waals surface area contributed by atoms with Crippen molar-refractivity contribution < 1.29 is 19.0 Å². The quantitative estimate of drug-likeness (QED) is 0.554. The predicted octanol–water partition coefficient (Wildman–Crippen LogP) is 0.209. The number of carbonyl (C=O) groups is 1. The molecule has 0 rings (SSSR count). The van der Waals surface area contributed by atoms with Crippen molar-refractivity contribution in [2.24, 2.45) is 0 Å².